The first-order valence-electron chi connectivity index (χ1n) is 5.34. The highest BCUT2D eigenvalue weighted by atomic mass is 16.5. The Labute approximate surface area is 96.4 Å². The molecule has 16 heavy (non-hydrogen) atoms. The second-order valence-electron chi connectivity index (χ2n) is 3.35. The first-order chi connectivity index (χ1) is 7.88. The summed E-state index contributed by atoms with van der Waals surface area (Å²) in [5.41, 5.74) is 1.08. The molecule has 0 radical (unpaired) electrons. The summed E-state index contributed by atoms with van der Waals surface area (Å²) < 4.78 is 5.42. The highest BCUT2D eigenvalue weighted by Gasteiger charge is 2.01. The van der Waals surface area contributed by atoms with Crippen molar-refractivity contribution in [2.45, 2.75) is 13.0 Å². The van der Waals surface area contributed by atoms with Gasteiger partial charge in [0, 0.05) is 18.7 Å². The van der Waals surface area contributed by atoms with Crippen molar-refractivity contribution in [3.8, 4) is 18.1 Å². The van der Waals surface area contributed by atoms with Crippen LogP contribution in [0.1, 0.15) is 12.0 Å². The number of aliphatic hydroxyl groups is 1. The Morgan fingerprint density at radius 1 is 1.38 bits per heavy atom. The third-order valence-corrected chi connectivity index (χ3v) is 2.11. The lowest BCUT2D eigenvalue weighted by atomic mass is 10.2. The van der Waals surface area contributed by atoms with Crippen LogP contribution in [-0.2, 0) is 6.54 Å². The van der Waals surface area contributed by atoms with Crippen molar-refractivity contribution in [1.82, 2.24) is 5.32 Å². The van der Waals surface area contributed by atoms with Crippen LogP contribution in [0.2, 0.25) is 0 Å². The van der Waals surface area contributed by atoms with Crippen molar-refractivity contribution in [3.63, 3.8) is 0 Å². The first kappa shape index (κ1) is 12.6. The van der Waals surface area contributed by atoms with Crippen LogP contribution < -0.4 is 10.1 Å². The molecular weight excluding hydrogens is 202 g/mol. The molecule has 1 aromatic carbocycles. The molecule has 0 spiro atoms. The van der Waals surface area contributed by atoms with E-state index in [2.05, 4.69) is 11.2 Å². The van der Waals surface area contributed by atoms with Crippen molar-refractivity contribution in [1.29, 1.82) is 0 Å². The Morgan fingerprint density at radius 2 is 2.19 bits per heavy atom. The van der Waals surface area contributed by atoms with Gasteiger partial charge in [-0.2, -0.15) is 0 Å². The lowest BCUT2D eigenvalue weighted by Gasteiger charge is -2.10. The third kappa shape index (κ3) is 4.35. The molecular formula is C13H17NO2. The molecule has 0 saturated carbocycles. The van der Waals surface area contributed by atoms with Crippen LogP contribution in [0.15, 0.2) is 24.3 Å². The van der Waals surface area contributed by atoms with Gasteiger partial charge in [0.1, 0.15) is 12.4 Å². The summed E-state index contributed by atoms with van der Waals surface area (Å²) in [4.78, 5) is 0. The summed E-state index contributed by atoms with van der Waals surface area (Å²) in [6, 6.07) is 7.78. The van der Waals surface area contributed by atoms with Crippen molar-refractivity contribution in [3.05, 3.63) is 29.8 Å². The van der Waals surface area contributed by atoms with Gasteiger partial charge in [0.2, 0.25) is 0 Å². The highest BCUT2D eigenvalue weighted by Crippen LogP contribution is 2.17. The van der Waals surface area contributed by atoms with Crippen molar-refractivity contribution >= 4 is 0 Å². The monoisotopic (exact) mass is 219 g/mol. The van der Waals surface area contributed by atoms with E-state index in [1.165, 1.54) is 0 Å². The Kier molecular flexibility index (Phi) is 6.09. The molecule has 0 fully saturated rings. The van der Waals surface area contributed by atoms with Crippen molar-refractivity contribution in [2.75, 3.05) is 19.8 Å². The van der Waals surface area contributed by atoms with Gasteiger partial charge in [0.05, 0.1) is 0 Å². The fraction of sp³-hybridized carbons (Fsp3) is 0.385. The molecule has 86 valence electrons. The number of hydrogen-bond donors (Lipinski definition) is 2. The number of para-hydroxylation sites is 1. The van der Waals surface area contributed by atoms with Gasteiger partial charge in [-0.3, -0.25) is 0 Å². The minimum Gasteiger partial charge on any atom is -0.481 e. The van der Waals surface area contributed by atoms with E-state index < -0.39 is 0 Å². The van der Waals surface area contributed by atoms with E-state index in [-0.39, 0.29) is 13.2 Å². The summed E-state index contributed by atoms with van der Waals surface area (Å²) in [6.07, 6.45) is 5.91. The zero-order valence-electron chi connectivity index (χ0n) is 9.28. The van der Waals surface area contributed by atoms with E-state index in [9.17, 15) is 0 Å². The smallest absolute Gasteiger partial charge is 0.148 e. The van der Waals surface area contributed by atoms with Crippen LogP contribution in [0.5, 0.6) is 5.75 Å². The van der Waals surface area contributed by atoms with E-state index in [1.54, 1.807) is 0 Å². The molecule has 0 amide bonds. The molecule has 0 aliphatic heterocycles. The SMILES string of the molecule is C#CCOc1ccccc1CNCCCO. The van der Waals surface area contributed by atoms with E-state index >= 15 is 0 Å². The zero-order valence-corrected chi connectivity index (χ0v) is 9.28. The molecule has 0 aliphatic rings. The largest absolute Gasteiger partial charge is 0.481 e. The lowest BCUT2D eigenvalue weighted by molar-refractivity contribution is 0.285. The Morgan fingerprint density at radius 3 is 2.94 bits per heavy atom. The molecule has 0 aliphatic carbocycles. The van der Waals surface area contributed by atoms with E-state index in [1.807, 2.05) is 24.3 Å². The maximum atomic E-state index is 8.65. The van der Waals surface area contributed by atoms with Gasteiger partial charge in [0.25, 0.3) is 0 Å². The topological polar surface area (TPSA) is 41.5 Å². The molecule has 0 unspecified atom stereocenters. The van der Waals surface area contributed by atoms with E-state index in [0.29, 0.717) is 0 Å². The van der Waals surface area contributed by atoms with Gasteiger partial charge in [-0.05, 0) is 19.0 Å². The maximum Gasteiger partial charge on any atom is 0.148 e. The maximum absolute atomic E-state index is 8.65. The van der Waals surface area contributed by atoms with Crippen LogP contribution in [-0.4, -0.2) is 24.9 Å². The number of aliphatic hydroxyl groups excluding tert-OH is 1. The minimum atomic E-state index is 0.211. The average Bonchev–Trinajstić information content (AvgIpc) is 2.33. The third-order valence-electron chi connectivity index (χ3n) is 2.11. The van der Waals surface area contributed by atoms with Crippen molar-refractivity contribution in [2.24, 2.45) is 0 Å². The minimum absolute atomic E-state index is 0.211. The number of nitrogens with one attached hydrogen (secondary N) is 1. The predicted molar refractivity (Wildman–Crippen MR) is 64.2 cm³/mol. The molecule has 0 atom stereocenters. The molecule has 0 bridgehead atoms. The lowest BCUT2D eigenvalue weighted by Crippen LogP contribution is -2.16. The quantitative estimate of drug-likeness (QED) is 0.534. The standard InChI is InChI=1S/C13H17NO2/c1-2-10-16-13-7-4-3-6-12(13)11-14-8-5-9-15/h1,3-4,6-7,14-15H,5,8-11H2. The zero-order chi connectivity index (χ0) is 11.6. The molecule has 2 N–H and O–H groups in total. The number of terminal acetylenes is 1. The van der Waals surface area contributed by atoms with Gasteiger partial charge in [-0.15, -0.1) is 6.42 Å². The molecule has 1 rings (SSSR count). The Bertz CT molecular complexity index is 344. The van der Waals surface area contributed by atoms with E-state index in [0.717, 1.165) is 30.8 Å². The van der Waals surface area contributed by atoms with Crippen LogP contribution in [0.3, 0.4) is 0 Å². The van der Waals surface area contributed by atoms with E-state index in [4.69, 9.17) is 16.3 Å². The van der Waals surface area contributed by atoms with Crippen molar-refractivity contribution < 1.29 is 9.84 Å². The van der Waals surface area contributed by atoms with Crippen LogP contribution in [0.25, 0.3) is 0 Å². The molecule has 3 nitrogen and oxygen atoms in total. The normalized spacial score (nSPS) is 9.75. The number of benzene rings is 1. The number of hydrogen-bond acceptors (Lipinski definition) is 3. The second kappa shape index (κ2) is 7.75. The Hall–Kier alpha value is -1.50. The molecule has 0 saturated heterocycles. The van der Waals surface area contributed by atoms with Crippen LogP contribution in [0.4, 0.5) is 0 Å². The fourth-order valence-electron chi connectivity index (χ4n) is 1.34. The van der Waals surface area contributed by atoms with Gasteiger partial charge < -0.3 is 15.2 Å². The first-order valence-corrected chi connectivity index (χ1v) is 5.34. The number of rotatable bonds is 7. The Balaban J connectivity index is 2.47. The summed E-state index contributed by atoms with van der Waals surface area (Å²) in [6.45, 7) is 2.01. The molecule has 1 aromatic rings. The molecule has 0 heterocycles. The predicted octanol–water partition coefficient (Wildman–Crippen LogP) is 1.17. The second-order valence-corrected chi connectivity index (χ2v) is 3.35. The summed E-state index contributed by atoms with van der Waals surface area (Å²) >= 11 is 0. The van der Waals surface area contributed by atoms with Gasteiger partial charge in [-0.1, -0.05) is 24.1 Å². The van der Waals surface area contributed by atoms with Gasteiger partial charge in [-0.25, -0.2) is 0 Å². The summed E-state index contributed by atoms with van der Waals surface area (Å²) in [5, 5.41) is 11.9. The fourth-order valence-corrected chi connectivity index (χ4v) is 1.34. The summed E-state index contributed by atoms with van der Waals surface area (Å²) in [5.74, 6) is 3.26. The summed E-state index contributed by atoms with van der Waals surface area (Å²) in [7, 11) is 0. The van der Waals surface area contributed by atoms with Crippen LogP contribution in [0, 0.1) is 12.3 Å². The average molecular weight is 219 g/mol. The number of ether oxygens (including phenoxy) is 1. The van der Waals surface area contributed by atoms with Gasteiger partial charge >= 0.3 is 0 Å². The molecule has 0 aromatic heterocycles. The van der Waals surface area contributed by atoms with Gasteiger partial charge in [0.15, 0.2) is 0 Å². The van der Waals surface area contributed by atoms with Crippen LogP contribution >= 0.6 is 0 Å². The highest BCUT2D eigenvalue weighted by molar-refractivity contribution is 5.33. The molecule has 3 heteroatoms.